The summed E-state index contributed by atoms with van der Waals surface area (Å²) in [5.41, 5.74) is 5.45. The first-order valence-corrected chi connectivity index (χ1v) is 8.90. The van der Waals surface area contributed by atoms with Crippen LogP contribution in [-0.2, 0) is 11.0 Å². The molecule has 160 valence electrons. The van der Waals surface area contributed by atoms with E-state index in [1.807, 2.05) is 18.7 Å². The maximum atomic E-state index is 13.1. The predicted octanol–water partition coefficient (Wildman–Crippen LogP) is 2.71. The van der Waals surface area contributed by atoms with Gasteiger partial charge >= 0.3 is 6.18 Å². The molecule has 1 fully saturated rings. The van der Waals surface area contributed by atoms with Gasteiger partial charge in [-0.2, -0.15) is 18.3 Å². The van der Waals surface area contributed by atoms with Crippen LogP contribution >= 0.6 is 12.4 Å². The molecule has 29 heavy (non-hydrogen) atoms. The van der Waals surface area contributed by atoms with E-state index < -0.39 is 17.6 Å². The highest BCUT2D eigenvalue weighted by Crippen LogP contribution is 2.33. The summed E-state index contributed by atoms with van der Waals surface area (Å²) in [5.74, 6) is -0.396. The Kier molecular flexibility index (Phi) is 6.92. The van der Waals surface area contributed by atoms with E-state index in [1.165, 1.54) is 23.4 Å². The quantitative estimate of drug-likeness (QED) is 0.775. The van der Waals surface area contributed by atoms with Crippen molar-refractivity contribution in [3.05, 3.63) is 36.4 Å². The Morgan fingerprint density at radius 2 is 2.10 bits per heavy atom. The Hall–Kier alpha value is -2.17. The summed E-state index contributed by atoms with van der Waals surface area (Å²) < 4.78 is 40.6. The molecular formula is C18H24ClF3N6O. The van der Waals surface area contributed by atoms with Gasteiger partial charge in [-0.05, 0) is 30.0 Å². The molecule has 0 saturated carbocycles. The summed E-state index contributed by atoms with van der Waals surface area (Å²) in [6, 6.07) is 3.16. The maximum Gasteiger partial charge on any atom is 0.416 e. The lowest BCUT2D eigenvalue weighted by Gasteiger charge is -2.42. The van der Waals surface area contributed by atoms with E-state index >= 15 is 0 Å². The number of hydrogen-bond donors (Lipinski definition) is 2. The maximum absolute atomic E-state index is 13.1. The number of halogens is 4. The summed E-state index contributed by atoms with van der Waals surface area (Å²) in [5, 5.41) is 6.53. The zero-order valence-electron chi connectivity index (χ0n) is 16.1. The summed E-state index contributed by atoms with van der Waals surface area (Å²) in [6.45, 7) is 5.45. The standard InChI is InChI=1S/C18H23F3N6O.ClH/c1-17(2)9-26(6-5-15(17)22)8-16(28)25-13-7-12(18(19,20)21)3-4-14(13)27-11-23-10-24-27;/h3-4,7,10-11,15H,5-6,8-9,22H2,1-2H3,(H,25,28);1H. The van der Waals surface area contributed by atoms with E-state index in [0.717, 1.165) is 18.6 Å². The van der Waals surface area contributed by atoms with Gasteiger partial charge in [0.2, 0.25) is 5.91 Å². The second-order valence-corrected chi connectivity index (χ2v) is 7.71. The van der Waals surface area contributed by atoms with Gasteiger partial charge in [0.15, 0.2) is 0 Å². The number of hydrogen-bond acceptors (Lipinski definition) is 5. The van der Waals surface area contributed by atoms with Gasteiger partial charge < -0.3 is 11.1 Å². The number of nitrogens with one attached hydrogen (secondary N) is 1. The third-order valence-corrected chi connectivity index (χ3v) is 5.02. The van der Waals surface area contributed by atoms with Crippen LogP contribution in [0.2, 0.25) is 0 Å². The molecule has 0 spiro atoms. The number of carbonyl (C=O) groups excluding carboxylic acids is 1. The van der Waals surface area contributed by atoms with Crippen molar-refractivity contribution in [3.8, 4) is 5.69 Å². The minimum Gasteiger partial charge on any atom is -0.327 e. The zero-order valence-corrected chi connectivity index (χ0v) is 16.9. The first-order valence-electron chi connectivity index (χ1n) is 8.90. The third kappa shape index (κ3) is 5.46. The van der Waals surface area contributed by atoms with Crippen LogP contribution in [0.25, 0.3) is 5.69 Å². The minimum atomic E-state index is -4.52. The number of amides is 1. The fourth-order valence-electron chi connectivity index (χ4n) is 3.36. The number of carbonyl (C=O) groups is 1. The summed E-state index contributed by atoms with van der Waals surface area (Å²) >= 11 is 0. The minimum absolute atomic E-state index is 0. The number of rotatable bonds is 4. The van der Waals surface area contributed by atoms with E-state index in [9.17, 15) is 18.0 Å². The average Bonchev–Trinajstić information content (AvgIpc) is 3.11. The number of benzene rings is 1. The number of likely N-dealkylation sites (tertiary alicyclic amines) is 1. The molecule has 0 radical (unpaired) electrons. The largest absolute Gasteiger partial charge is 0.416 e. The normalized spacial score (nSPS) is 19.4. The second-order valence-electron chi connectivity index (χ2n) is 7.71. The molecule has 0 bridgehead atoms. The van der Waals surface area contributed by atoms with Gasteiger partial charge in [0.25, 0.3) is 0 Å². The van der Waals surface area contributed by atoms with Crippen LogP contribution < -0.4 is 11.1 Å². The van der Waals surface area contributed by atoms with Crippen molar-refractivity contribution >= 4 is 24.0 Å². The van der Waals surface area contributed by atoms with Crippen LogP contribution in [0.3, 0.4) is 0 Å². The van der Waals surface area contributed by atoms with Crippen molar-refractivity contribution < 1.29 is 18.0 Å². The number of aromatic nitrogens is 3. The molecule has 11 heteroatoms. The SMILES string of the molecule is CC1(C)CN(CC(=O)Nc2cc(C(F)(F)F)ccc2-n2cncn2)CCC1N.Cl. The first-order chi connectivity index (χ1) is 13.1. The lowest BCUT2D eigenvalue weighted by molar-refractivity contribution is -0.137. The predicted molar refractivity (Wildman–Crippen MR) is 105 cm³/mol. The highest BCUT2D eigenvalue weighted by atomic mass is 35.5. The number of nitrogens with zero attached hydrogens (tertiary/aromatic N) is 4. The van der Waals surface area contributed by atoms with Crippen molar-refractivity contribution in [2.24, 2.45) is 11.1 Å². The Morgan fingerprint density at radius 1 is 1.38 bits per heavy atom. The summed E-state index contributed by atoms with van der Waals surface area (Å²) in [4.78, 5) is 18.3. The Morgan fingerprint density at radius 3 is 2.69 bits per heavy atom. The van der Waals surface area contributed by atoms with Gasteiger partial charge in [0, 0.05) is 19.1 Å². The Bertz CT molecular complexity index is 841. The number of nitrogens with two attached hydrogens (primary N) is 1. The van der Waals surface area contributed by atoms with Crippen molar-refractivity contribution in [1.82, 2.24) is 19.7 Å². The smallest absolute Gasteiger partial charge is 0.327 e. The lowest BCUT2D eigenvalue weighted by Crippen LogP contribution is -2.53. The molecule has 1 aromatic carbocycles. The topological polar surface area (TPSA) is 89.1 Å². The van der Waals surface area contributed by atoms with Crippen LogP contribution in [0.4, 0.5) is 18.9 Å². The molecule has 1 atom stereocenters. The molecule has 1 aliphatic rings. The molecule has 1 aliphatic heterocycles. The van der Waals surface area contributed by atoms with Gasteiger partial charge in [0.05, 0.1) is 23.5 Å². The summed E-state index contributed by atoms with van der Waals surface area (Å²) in [6.07, 6.45) is -1.14. The molecule has 2 aromatic rings. The van der Waals surface area contributed by atoms with Gasteiger partial charge in [0.1, 0.15) is 12.7 Å². The van der Waals surface area contributed by atoms with E-state index in [-0.39, 0.29) is 36.1 Å². The number of piperidine rings is 1. The van der Waals surface area contributed by atoms with Crippen molar-refractivity contribution in [2.75, 3.05) is 25.0 Å². The molecule has 1 saturated heterocycles. The third-order valence-electron chi connectivity index (χ3n) is 5.02. The van der Waals surface area contributed by atoms with Crippen LogP contribution in [0.15, 0.2) is 30.9 Å². The lowest BCUT2D eigenvalue weighted by atomic mass is 9.80. The highest BCUT2D eigenvalue weighted by molar-refractivity contribution is 5.94. The fraction of sp³-hybridized carbons (Fsp3) is 0.500. The zero-order chi connectivity index (χ0) is 20.5. The van der Waals surface area contributed by atoms with E-state index in [4.69, 9.17) is 5.73 Å². The van der Waals surface area contributed by atoms with Crippen LogP contribution in [0, 0.1) is 5.41 Å². The van der Waals surface area contributed by atoms with Gasteiger partial charge in [-0.25, -0.2) is 9.67 Å². The van der Waals surface area contributed by atoms with Gasteiger partial charge in [-0.1, -0.05) is 13.8 Å². The molecule has 0 aliphatic carbocycles. The van der Waals surface area contributed by atoms with Crippen molar-refractivity contribution in [3.63, 3.8) is 0 Å². The van der Waals surface area contributed by atoms with E-state index in [1.54, 1.807) is 0 Å². The molecule has 2 heterocycles. The van der Waals surface area contributed by atoms with Gasteiger partial charge in [-0.15, -0.1) is 12.4 Å². The van der Waals surface area contributed by atoms with Crippen LogP contribution in [0.5, 0.6) is 0 Å². The van der Waals surface area contributed by atoms with Gasteiger partial charge in [-0.3, -0.25) is 9.69 Å². The highest BCUT2D eigenvalue weighted by Gasteiger charge is 2.34. The Balaban J connectivity index is 0.00000300. The molecule has 1 amide bonds. The van der Waals surface area contributed by atoms with E-state index in [0.29, 0.717) is 18.8 Å². The van der Waals surface area contributed by atoms with Crippen molar-refractivity contribution in [1.29, 1.82) is 0 Å². The fourth-order valence-corrected chi connectivity index (χ4v) is 3.36. The Labute approximate surface area is 172 Å². The van der Waals surface area contributed by atoms with Crippen LogP contribution in [-0.4, -0.2) is 51.2 Å². The monoisotopic (exact) mass is 432 g/mol. The van der Waals surface area contributed by atoms with E-state index in [2.05, 4.69) is 15.4 Å². The molecular weight excluding hydrogens is 409 g/mol. The molecule has 1 aromatic heterocycles. The molecule has 3 N–H and O–H groups in total. The number of alkyl halides is 3. The van der Waals surface area contributed by atoms with Crippen molar-refractivity contribution in [2.45, 2.75) is 32.5 Å². The summed E-state index contributed by atoms with van der Waals surface area (Å²) in [7, 11) is 0. The molecule has 3 rings (SSSR count). The molecule has 7 nitrogen and oxygen atoms in total. The average molecular weight is 433 g/mol. The second kappa shape index (κ2) is 8.68. The van der Waals surface area contributed by atoms with Crippen LogP contribution in [0.1, 0.15) is 25.8 Å². The molecule has 1 unspecified atom stereocenters. The number of anilines is 1. The first kappa shape index (κ1) is 23.1.